The second kappa shape index (κ2) is 7.66. The number of hydrogen-bond acceptors (Lipinski definition) is 4. The van der Waals surface area contributed by atoms with Gasteiger partial charge in [0.25, 0.3) is 5.91 Å². The highest BCUT2D eigenvalue weighted by atomic mass is 32.2. The molecule has 0 radical (unpaired) electrons. The minimum Gasteiger partial charge on any atom is -0.306 e. The van der Waals surface area contributed by atoms with Crippen LogP contribution in [0.5, 0.6) is 0 Å². The van der Waals surface area contributed by atoms with Gasteiger partial charge in [0.15, 0.2) is 0 Å². The number of fused-ring (bicyclic) bond motifs is 1. The van der Waals surface area contributed by atoms with Crippen LogP contribution in [-0.4, -0.2) is 36.9 Å². The molecule has 0 atom stereocenters. The Kier molecular flexibility index (Phi) is 5.24. The van der Waals surface area contributed by atoms with Crippen LogP contribution in [0.15, 0.2) is 48.5 Å². The molecule has 1 aromatic heterocycles. The van der Waals surface area contributed by atoms with Gasteiger partial charge in [0.1, 0.15) is 5.82 Å². The Balaban J connectivity index is 1.66. The molecule has 2 heterocycles. The van der Waals surface area contributed by atoms with E-state index in [1.807, 2.05) is 0 Å². The second-order valence-corrected chi connectivity index (χ2v) is 9.39. The van der Waals surface area contributed by atoms with E-state index in [-0.39, 0.29) is 17.1 Å². The molecule has 0 unspecified atom stereocenters. The highest BCUT2D eigenvalue weighted by molar-refractivity contribution is 7.92. The Morgan fingerprint density at radius 2 is 1.81 bits per heavy atom. The van der Waals surface area contributed by atoms with Crippen LogP contribution in [-0.2, 0) is 22.6 Å². The lowest BCUT2D eigenvalue weighted by Crippen LogP contribution is -2.27. The molecular weight excluding hydrogens is 445 g/mol. The molecule has 0 saturated carbocycles. The second-order valence-electron chi connectivity index (χ2n) is 7.48. The van der Waals surface area contributed by atoms with Crippen LogP contribution in [0.4, 0.5) is 24.7 Å². The van der Waals surface area contributed by atoms with Gasteiger partial charge in [0.2, 0.25) is 10.0 Å². The molecule has 2 aromatic carbocycles. The summed E-state index contributed by atoms with van der Waals surface area (Å²) >= 11 is 0. The van der Waals surface area contributed by atoms with Gasteiger partial charge in [-0.2, -0.15) is 18.3 Å². The highest BCUT2D eigenvalue weighted by Gasteiger charge is 2.34. The lowest BCUT2D eigenvalue weighted by molar-refractivity contribution is -0.137. The molecule has 0 fully saturated rings. The number of aromatic nitrogens is 2. The van der Waals surface area contributed by atoms with E-state index in [1.165, 1.54) is 34.6 Å². The summed E-state index contributed by atoms with van der Waals surface area (Å²) in [6, 6.07) is 11.1. The predicted molar refractivity (Wildman–Crippen MR) is 114 cm³/mol. The van der Waals surface area contributed by atoms with Crippen molar-refractivity contribution in [2.45, 2.75) is 19.5 Å². The number of anilines is 2. The minimum atomic E-state index is -4.59. The predicted octanol–water partition coefficient (Wildman–Crippen LogP) is 3.77. The maximum absolute atomic E-state index is 13.5. The number of rotatable bonds is 4. The van der Waals surface area contributed by atoms with E-state index in [1.54, 1.807) is 19.1 Å². The zero-order chi connectivity index (χ0) is 23.3. The number of nitrogens with one attached hydrogen (secondary N) is 1. The van der Waals surface area contributed by atoms with Gasteiger partial charge < -0.3 is 5.32 Å². The van der Waals surface area contributed by atoms with Gasteiger partial charge in [-0.3, -0.25) is 9.10 Å². The Morgan fingerprint density at radius 1 is 1.09 bits per heavy atom. The first kappa shape index (κ1) is 21.9. The van der Waals surface area contributed by atoms with Crippen LogP contribution in [0.1, 0.15) is 27.2 Å². The van der Waals surface area contributed by atoms with Crippen molar-refractivity contribution in [2.75, 3.05) is 22.4 Å². The summed E-state index contributed by atoms with van der Waals surface area (Å²) in [5, 5.41) is 6.74. The molecule has 1 aliphatic heterocycles. The van der Waals surface area contributed by atoms with E-state index in [2.05, 4.69) is 10.4 Å². The standard InChI is InChI=1S/C21H19F3N4O3S/c1-13-11-19(28(26-13)18-6-4-3-5-16(18)21(22,23)24)25-20(29)15-7-8-17-14(12-15)9-10-27(17)32(2,30)31/h3-8,11-12H,9-10H2,1-2H3,(H,25,29). The topological polar surface area (TPSA) is 84.3 Å². The maximum atomic E-state index is 13.5. The Morgan fingerprint density at radius 3 is 2.50 bits per heavy atom. The third-order valence-corrected chi connectivity index (χ3v) is 6.29. The summed E-state index contributed by atoms with van der Waals surface area (Å²) in [6.07, 6.45) is -3.02. The number of carbonyl (C=O) groups is 1. The monoisotopic (exact) mass is 464 g/mol. The third-order valence-electron chi connectivity index (χ3n) is 5.11. The molecule has 11 heteroatoms. The Labute approximate surface area is 182 Å². The number of sulfonamides is 1. The molecule has 0 bridgehead atoms. The number of hydrogen-bond donors (Lipinski definition) is 1. The van der Waals surface area contributed by atoms with Gasteiger partial charge in [-0.05, 0) is 49.2 Å². The van der Waals surface area contributed by atoms with Crippen molar-refractivity contribution < 1.29 is 26.4 Å². The average molecular weight is 464 g/mol. The lowest BCUT2D eigenvalue weighted by Gasteiger charge is -2.17. The summed E-state index contributed by atoms with van der Waals surface area (Å²) < 4.78 is 66.5. The summed E-state index contributed by atoms with van der Waals surface area (Å²) in [7, 11) is -3.42. The molecule has 1 aliphatic rings. The van der Waals surface area contributed by atoms with Crippen molar-refractivity contribution in [2.24, 2.45) is 0 Å². The normalized spacial score (nSPS) is 13.8. The first-order chi connectivity index (χ1) is 14.9. The molecular formula is C21H19F3N4O3S. The first-order valence-corrected chi connectivity index (χ1v) is 11.5. The van der Waals surface area contributed by atoms with Crippen molar-refractivity contribution in [1.29, 1.82) is 0 Å². The van der Waals surface area contributed by atoms with Crippen LogP contribution in [0.3, 0.4) is 0 Å². The summed E-state index contributed by atoms with van der Waals surface area (Å²) in [5.41, 5.74) is 0.820. The zero-order valence-corrected chi connectivity index (χ0v) is 18.0. The molecule has 7 nitrogen and oxygen atoms in total. The highest BCUT2D eigenvalue weighted by Crippen LogP contribution is 2.35. The van der Waals surface area contributed by atoms with E-state index < -0.39 is 27.7 Å². The fourth-order valence-electron chi connectivity index (χ4n) is 3.72. The number of nitrogens with zero attached hydrogens (tertiary/aromatic N) is 3. The van der Waals surface area contributed by atoms with Crippen LogP contribution in [0.2, 0.25) is 0 Å². The van der Waals surface area contributed by atoms with Crippen LogP contribution < -0.4 is 9.62 Å². The van der Waals surface area contributed by atoms with Crippen molar-refractivity contribution in [3.8, 4) is 5.69 Å². The lowest BCUT2D eigenvalue weighted by atomic mass is 10.1. The smallest absolute Gasteiger partial charge is 0.306 e. The summed E-state index contributed by atoms with van der Waals surface area (Å²) in [5.74, 6) is -0.460. The zero-order valence-electron chi connectivity index (χ0n) is 17.1. The molecule has 0 aliphatic carbocycles. The number of para-hydroxylation sites is 1. The van der Waals surface area contributed by atoms with Crippen molar-refractivity contribution in [1.82, 2.24) is 9.78 Å². The van der Waals surface area contributed by atoms with Gasteiger partial charge in [0, 0.05) is 18.2 Å². The number of halogens is 3. The molecule has 0 spiro atoms. The Bertz CT molecular complexity index is 1320. The van der Waals surface area contributed by atoms with Crippen LogP contribution in [0.25, 0.3) is 5.69 Å². The quantitative estimate of drug-likeness (QED) is 0.637. The van der Waals surface area contributed by atoms with Gasteiger partial charge in [-0.1, -0.05) is 12.1 Å². The first-order valence-electron chi connectivity index (χ1n) is 9.60. The fourth-order valence-corrected chi connectivity index (χ4v) is 4.67. The number of carbonyl (C=O) groups excluding carboxylic acids is 1. The molecule has 168 valence electrons. The fraction of sp³-hybridized carbons (Fsp3) is 0.238. The van der Waals surface area contributed by atoms with E-state index >= 15 is 0 Å². The van der Waals surface area contributed by atoms with Gasteiger partial charge >= 0.3 is 6.18 Å². The van der Waals surface area contributed by atoms with Gasteiger partial charge in [-0.15, -0.1) is 0 Å². The van der Waals surface area contributed by atoms with E-state index in [0.717, 1.165) is 17.0 Å². The molecule has 1 N–H and O–H groups in total. The molecule has 1 amide bonds. The van der Waals surface area contributed by atoms with Crippen LogP contribution >= 0.6 is 0 Å². The molecule has 0 saturated heterocycles. The van der Waals surface area contributed by atoms with E-state index in [9.17, 15) is 26.4 Å². The van der Waals surface area contributed by atoms with E-state index in [4.69, 9.17) is 0 Å². The average Bonchev–Trinajstić information content (AvgIpc) is 3.29. The minimum absolute atomic E-state index is 0.0856. The number of alkyl halides is 3. The largest absolute Gasteiger partial charge is 0.418 e. The van der Waals surface area contributed by atoms with Crippen molar-refractivity contribution in [3.05, 3.63) is 70.9 Å². The molecule has 3 aromatic rings. The third kappa shape index (κ3) is 4.07. The number of amides is 1. The van der Waals surface area contributed by atoms with Crippen molar-refractivity contribution in [3.63, 3.8) is 0 Å². The maximum Gasteiger partial charge on any atom is 0.418 e. The number of aryl methyl sites for hydroxylation is 1. The summed E-state index contributed by atoms with van der Waals surface area (Å²) in [4.78, 5) is 12.9. The molecule has 32 heavy (non-hydrogen) atoms. The molecule has 4 rings (SSSR count). The SMILES string of the molecule is Cc1cc(NC(=O)c2ccc3c(c2)CCN3S(C)(=O)=O)n(-c2ccccc2C(F)(F)F)n1. The Hall–Kier alpha value is -3.34. The summed E-state index contributed by atoms with van der Waals surface area (Å²) in [6.45, 7) is 1.90. The van der Waals surface area contributed by atoms with Crippen LogP contribution in [0, 0.1) is 6.92 Å². The van der Waals surface area contributed by atoms with Gasteiger partial charge in [0.05, 0.1) is 28.9 Å². The number of benzene rings is 2. The van der Waals surface area contributed by atoms with E-state index in [0.29, 0.717) is 29.9 Å². The van der Waals surface area contributed by atoms with Crippen molar-refractivity contribution >= 4 is 27.4 Å². The van der Waals surface area contributed by atoms with Gasteiger partial charge in [-0.25, -0.2) is 13.1 Å².